The van der Waals surface area contributed by atoms with Crippen LogP contribution in [0.4, 0.5) is 0 Å². The second kappa shape index (κ2) is 3.32. The van der Waals surface area contributed by atoms with E-state index in [1.54, 1.807) is 0 Å². The Balaban J connectivity index is 2.18. The number of rotatable bonds is 2. The lowest BCUT2D eigenvalue weighted by atomic mass is 10.1. The molecule has 0 bridgehead atoms. The average molecular weight is 192 g/mol. The van der Waals surface area contributed by atoms with Crippen molar-refractivity contribution in [3.8, 4) is 0 Å². The summed E-state index contributed by atoms with van der Waals surface area (Å²) in [5.41, 5.74) is 0.539. The molecular formula is C9H12N4O. The smallest absolute Gasteiger partial charge is 0.258 e. The SMILES string of the molecule is CC(C)CC1=NC2N=NC=C2C(=O)N1. The third-order valence-electron chi connectivity index (χ3n) is 2.05. The third-order valence-corrected chi connectivity index (χ3v) is 2.05. The maximum atomic E-state index is 11.5. The minimum Gasteiger partial charge on any atom is -0.310 e. The van der Waals surface area contributed by atoms with Gasteiger partial charge in [-0.25, -0.2) is 4.99 Å². The van der Waals surface area contributed by atoms with E-state index in [9.17, 15) is 4.79 Å². The van der Waals surface area contributed by atoms with E-state index >= 15 is 0 Å². The number of hydrogen-bond acceptors (Lipinski definition) is 4. The first kappa shape index (κ1) is 9.05. The molecule has 0 radical (unpaired) electrons. The lowest BCUT2D eigenvalue weighted by Gasteiger charge is -2.18. The Morgan fingerprint density at radius 2 is 2.36 bits per heavy atom. The Bertz CT molecular complexity index is 354. The van der Waals surface area contributed by atoms with Crippen molar-refractivity contribution in [3.05, 3.63) is 11.8 Å². The molecule has 2 rings (SSSR count). The van der Waals surface area contributed by atoms with Crippen molar-refractivity contribution in [1.29, 1.82) is 0 Å². The van der Waals surface area contributed by atoms with Crippen molar-refractivity contribution in [3.63, 3.8) is 0 Å². The van der Waals surface area contributed by atoms with Gasteiger partial charge in [0.1, 0.15) is 5.84 Å². The molecule has 14 heavy (non-hydrogen) atoms. The molecule has 0 aromatic rings. The van der Waals surface area contributed by atoms with Crippen LogP contribution in [0.15, 0.2) is 27.0 Å². The fourth-order valence-corrected chi connectivity index (χ4v) is 1.43. The Morgan fingerprint density at radius 1 is 1.57 bits per heavy atom. The van der Waals surface area contributed by atoms with Crippen LogP contribution in [0, 0.1) is 5.92 Å². The maximum Gasteiger partial charge on any atom is 0.258 e. The summed E-state index contributed by atoms with van der Waals surface area (Å²) in [5, 5.41) is 10.3. The molecule has 2 aliphatic rings. The van der Waals surface area contributed by atoms with E-state index in [1.807, 2.05) is 0 Å². The number of hydrogen-bond donors (Lipinski definition) is 1. The predicted molar refractivity (Wildman–Crippen MR) is 51.8 cm³/mol. The van der Waals surface area contributed by atoms with Gasteiger partial charge in [-0.15, -0.1) is 0 Å². The third kappa shape index (κ3) is 1.57. The van der Waals surface area contributed by atoms with Crippen LogP contribution in [0.25, 0.3) is 0 Å². The number of azo groups is 1. The van der Waals surface area contributed by atoms with E-state index in [0.717, 1.165) is 6.42 Å². The van der Waals surface area contributed by atoms with Crippen LogP contribution in [0.1, 0.15) is 20.3 Å². The summed E-state index contributed by atoms with van der Waals surface area (Å²) >= 11 is 0. The minimum absolute atomic E-state index is 0.120. The van der Waals surface area contributed by atoms with Gasteiger partial charge in [0.05, 0.1) is 11.8 Å². The zero-order valence-electron chi connectivity index (χ0n) is 8.19. The molecule has 5 nitrogen and oxygen atoms in total. The van der Waals surface area contributed by atoms with E-state index in [4.69, 9.17) is 0 Å². The molecule has 1 unspecified atom stereocenters. The quantitative estimate of drug-likeness (QED) is 0.702. The van der Waals surface area contributed by atoms with Crippen LogP contribution in [-0.2, 0) is 4.79 Å². The molecule has 1 atom stereocenters. The Kier molecular flexibility index (Phi) is 2.15. The second-order valence-corrected chi connectivity index (χ2v) is 3.82. The van der Waals surface area contributed by atoms with Gasteiger partial charge in [0, 0.05) is 6.42 Å². The topological polar surface area (TPSA) is 66.2 Å². The molecule has 0 saturated heterocycles. The van der Waals surface area contributed by atoms with Gasteiger partial charge >= 0.3 is 0 Å². The molecule has 2 aliphatic heterocycles. The van der Waals surface area contributed by atoms with Gasteiger partial charge < -0.3 is 5.32 Å². The summed E-state index contributed by atoms with van der Waals surface area (Å²) in [4.78, 5) is 15.8. The van der Waals surface area contributed by atoms with Crippen molar-refractivity contribution in [2.75, 3.05) is 0 Å². The second-order valence-electron chi connectivity index (χ2n) is 3.82. The van der Waals surface area contributed by atoms with Gasteiger partial charge in [0.2, 0.25) is 0 Å². The number of amidine groups is 1. The van der Waals surface area contributed by atoms with Gasteiger partial charge in [-0.05, 0) is 5.92 Å². The van der Waals surface area contributed by atoms with Crippen LogP contribution < -0.4 is 5.32 Å². The molecule has 1 amide bonds. The molecule has 74 valence electrons. The number of carbonyl (C=O) groups is 1. The van der Waals surface area contributed by atoms with Crippen LogP contribution in [0.5, 0.6) is 0 Å². The van der Waals surface area contributed by atoms with Gasteiger partial charge in [-0.3, -0.25) is 4.79 Å². The summed E-state index contributed by atoms with van der Waals surface area (Å²) in [6.45, 7) is 4.16. The Labute approximate surface area is 82.0 Å². The van der Waals surface area contributed by atoms with Crippen LogP contribution in [0.2, 0.25) is 0 Å². The molecule has 1 N–H and O–H groups in total. The number of fused-ring (bicyclic) bond motifs is 1. The molecule has 0 aromatic carbocycles. The van der Waals surface area contributed by atoms with Gasteiger partial charge in [0.25, 0.3) is 5.91 Å². The number of aliphatic imine (C=N–C) groups is 1. The minimum atomic E-state index is -0.391. The first-order valence-corrected chi connectivity index (χ1v) is 4.65. The average Bonchev–Trinajstić information content (AvgIpc) is 2.50. The van der Waals surface area contributed by atoms with Crippen molar-refractivity contribution in [2.24, 2.45) is 21.1 Å². The molecule has 0 fully saturated rings. The lowest BCUT2D eigenvalue weighted by Crippen LogP contribution is -2.39. The number of amides is 1. The van der Waals surface area contributed by atoms with Gasteiger partial charge in [-0.2, -0.15) is 10.2 Å². The van der Waals surface area contributed by atoms with E-state index in [1.165, 1.54) is 6.20 Å². The highest BCUT2D eigenvalue weighted by Crippen LogP contribution is 2.20. The normalized spacial score (nSPS) is 24.5. The zero-order valence-corrected chi connectivity index (χ0v) is 8.19. The summed E-state index contributed by atoms with van der Waals surface area (Å²) in [6, 6.07) is 0. The van der Waals surface area contributed by atoms with E-state index in [0.29, 0.717) is 17.3 Å². The van der Waals surface area contributed by atoms with Gasteiger partial charge in [-0.1, -0.05) is 13.8 Å². The van der Waals surface area contributed by atoms with Crippen molar-refractivity contribution in [2.45, 2.75) is 26.4 Å². The number of carbonyl (C=O) groups excluding carboxylic acids is 1. The van der Waals surface area contributed by atoms with Gasteiger partial charge in [0.15, 0.2) is 6.17 Å². The van der Waals surface area contributed by atoms with Crippen molar-refractivity contribution >= 4 is 11.7 Å². The molecule has 0 aromatic heterocycles. The molecular weight excluding hydrogens is 180 g/mol. The first-order chi connectivity index (χ1) is 6.66. The molecule has 0 aliphatic carbocycles. The number of nitrogens with zero attached hydrogens (tertiary/aromatic N) is 3. The van der Waals surface area contributed by atoms with Crippen LogP contribution in [-0.4, -0.2) is 17.9 Å². The predicted octanol–water partition coefficient (Wildman–Crippen LogP) is 1.24. The van der Waals surface area contributed by atoms with E-state index in [-0.39, 0.29) is 5.91 Å². The van der Waals surface area contributed by atoms with Crippen LogP contribution >= 0.6 is 0 Å². The molecule has 2 heterocycles. The number of nitrogens with one attached hydrogen (secondary N) is 1. The lowest BCUT2D eigenvalue weighted by molar-refractivity contribution is -0.116. The maximum absolute atomic E-state index is 11.5. The van der Waals surface area contributed by atoms with Crippen molar-refractivity contribution in [1.82, 2.24) is 5.32 Å². The highest BCUT2D eigenvalue weighted by molar-refractivity contribution is 6.09. The highest BCUT2D eigenvalue weighted by atomic mass is 16.2. The highest BCUT2D eigenvalue weighted by Gasteiger charge is 2.29. The van der Waals surface area contributed by atoms with Crippen LogP contribution in [0.3, 0.4) is 0 Å². The first-order valence-electron chi connectivity index (χ1n) is 4.65. The van der Waals surface area contributed by atoms with Crippen molar-refractivity contribution < 1.29 is 4.79 Å². The molecule has 5 heteroatoms. The molecule has 0 saturated carbocycles. The summed E-state index contributed by atoms with van der Waals surface area (Å²) in [7, 11) is 0. The summed E-state index contributed by atoms with van der Waals surface area (Å²) in [6.07, 6.45) is 1.85. The summed E-state index contributed by atoms with van der Waals surface area (Å²) < 4.78 is 0. The monoisotopic (exact) mass is 192 g/mol. The fourth-order valence-electron chi connectivity index (χ4n) is 1.43. The van der Waals surface area contributed by atoms with E-state index in [2.05, 4.69) is 34.4 Å². The summed E-state index contributed by atoms with van der Waals surface area (Å²) in [5.74, 6) is 1.07. The largest absolute Gasteiger partial charge is 0.310 e. The Morgan fingerprint density at radius 3 is 3.07 bits per heavy atom. The Hall–Kier alpha value is -1.52. The van der Waals surface area contributed by atoms with E-state index < -0.39 is 6.17 Å². The zero-order chi connectivity index (χ0) is 10.1. The fraction of sp³-hybridized carbons (Fsp3) is 0.556. The standard InChI is InChI=1S/C9H12N4O/c1-5(2)3-7-11-8-6(4-10-13-8)9(14)12-7/h4-5,8H,3H2,1-2H3,(H,11,12,14). The molecule has 0 spiro atoms.